The summed E-state index contributed by atoms with van der Waals surface area (Å²) >= 11 is 0. The second-order valence-corrected chi connectivity index (χ2v) is 9.58. The number of amidine groups is 1. The van der Waals surface area contributed by atoms with Gasteiger partial charge in [0, 0.05) is 12.6 Å². The Hall–Kier alpha value is -3.42. The van der Waals surface area contributed by atoms with Crippen molar-refractivity contribution in [2.45, 2.75) is 56.5 Å². The highest BCUT2D eigenvalue weighted by Gasteiger charge is 2.54. The monoisotopic (exact) mass is 478 g/mol. The van der Waals surface area contributed by atoms with E-state index in [-0.39, 0.29) is 30.1 Å². The molecule has 3 aliphatic rings. The number of amides is 3. The number of halogens is 1. The lowest BCUT2D eigenvalue weighted by Gasteiger charge is -2.44. The van der Waals surface area contributed by atoms with Crippen LogP contribution >= 0.6 is 0 Å². The maximum absolute atomic E-state index is 14.5. The Morgan fingerprint density at radius 1 is 1.11 bits per heavy atom. The number of piperidine rings is 1. The summed E-state index contributed by atoms with van der Waals surface area (Å²) in [5.41, 5.74) is -0.128. The first kappa shape index (κ1) is 23.3. The number of aliphatic imine (C=N–C) groups is 1. The van der Waals surface area contributed by atoms with Gasteiger partial charge in [0.05, 0.1) is 30.9 Å². The maximum atomic E-state index is 14.5. The molecule has 35 heavy (non-hydrogen) atoms. The molecule has 7 nitrogen and oxygen atoms in total. The number of nitrogens with one attached hydrogen (secondary N) is 1. The standard InChI is InChI=1S/C27H31FN4O3/c1-35-21-12-7-11-20(17-21)32-26(34)30-25(29-19-9-3-2-4-10-19)27(32)15-8-16-31(18-27)24(33)22-13-5-6-14-23(22)28/h5-7,11-14,17,19H,2-4,8-10,15-16,18H2,1H3,(H,29,30,34). The molecule has 0 aromatic heterocycles. The van der Waals surface area contributed by atoms with Crippen LogP contribution in [0.4, 0.5) is 14.9 Å². The molecule has 1 unspecified atom stereocenters. The van der Waals surface area contributed by atoms with Crippen molar-refractivity contribution >= 4 is 23.5 Å². The Morgan fingerprint density at radius 2 is 1.91 bits per heavy atom. The molecule has 5 rings (SSSR count). The molecule has 2 aromatic rings. The number of urea groups is 1. The minimum Gasteiger partial charge on any atom is -0.497 e. The maximum Gasteiger partial charge on any atom is 0.328 e. The van der Waals surface area contributed by atoms with Gasteiger partial charge < -0.3 is 9.64 Å². The highest BCUT2D eigenvalue weighted by molar-refractivity contribution is 6.19. The molecule has 1 spiro atoms. The first-order valence-electron chi connectivity index (χ1n) is 12.4. The van der Waals surface area contributed by atoms with E-state index in [4.69, 9.17) is 9.73 Å². The van der Waals surface area contributed by atoms with E-state index in [1.807, 2.05) is 24.3 Å². The molecule has 1 atom stereocenters. The first-order chi connectivity index (χ1) is 17.0. The van der Waals surface area contributed by atoms with E-state index < -0.39 is 11.4 Å². The highest BCUT2D eigenvalue weighted by atomic mass is 19.1. The molecule has 1 N–H and O–H groups in total. The van der Waals surface area contributed by atoms with Gasteiger partial charge in [-0.15, -0.1) is 0 Å². The zero-order chi connectivity index (χ0) is 24.4. The zero-order valence-corrected chi connectivity index (χ0v) is 20.0. The fourth-order valence-corrected chi connectivity index (χ4v) is 5.62. The molecule has 8 heteroatoms. The van der Waals surface area contributed by atoms with Crippen LogP contribution in [0.3, 0.4) is 0 Å². The van der Waals surface area contributed by atoms with Crippen LogP contribution in [0.25, 0.3) is 0 Å². The molecule has 1 saturated carbocycles. The summed E-state index contributed by atoms with van der Waals surface area (Å²) in [4.78, 5) is 35.3. The number of hydrogen-bond acceptors (Lipinski definition) is 4. The summed E-state index contributed by atoms with van der Waals surface area (Å²) in [6, 6.07) is 13.3. The van der Waals surface area contributed by atoms with Gasteiger partial charge in [-0.25, -0.2) is 9.18 Å². The summed E-state index contributed by atoms with van der Waals surface area (Å²) in [5, 5.41) is 3.04. The largest absolute Gasteiger partial charge is 0.497 e. The van der Waals surface area contributed by atoms with Crippen molar-refractivity contribution in [3.05, 3.63) is 59.9 Å². The lowest BCUT2D eigenvalue weighted by molar-refractivity contribution is 0.0681. The number of anilines is 1. The molecule has 3 amide bonds. The van der Waals surface area contributed by atoms with E-state index in [0.29, 0.717) is 36.7 Å². The van der Waals surface area contributed by atoms with Crippen LogP contribution < -0.4 is 15.0 Å². The Kier molecular flexibility index (Phi) is 6.45. The number of carbonyl (C=O) groups excluding carboxylic acids is 2. The van der Waals surface area contributed by atoms with Gasteiger partial charge in [-0.1, -0.05) is 37.5 Å². The molecule has 2 saturated heterocycles. The van der Waals surface area contributed by atoms with Crippen molar-refractivity contribution in [2.24, 2.45) is 4.99 Å². The summed E-state index contributed by atoms with van der Waals surface area (Å²) < 4.78 is 19.9. The van der Waals surface area contributed by atoms with Gasteiger partial charge >= 0.3 is 6.03 Å². The van der Waals surface area contributed by atoms with Gasteiger partial charge in [0.15, 0.2) is 0 Å². The lowest BCUT2D eigenvalue weighted by atomic mass is 9.85. The SMILES string of the molecule is COc1cccc(N2C(=O)NC(=NC3CCCCC3)C23CCCN(C(=O)c2ccccc2F)C3)c1. The molecule has 0 radical (unpaired) electrons. The van der Waals surface area contributed by atoms with Gasteiger partial charge in [0.2, 0.25) is 0 Å². The number of rotatable bonds is 4. The van der Waals surface area contributed by atoms with Gasteiger partial charge in [0.25, 0.3) is 5.91 Å². The molecular weight excluding hydrogens is 447 g/mol. The summed E-state index contributed by atoms with van der Waals surface area (Å²) in [6.45, 7) is 0.730. The number of benzene rings is 2. The van der Waals surface area contributed by atoms with E-state index in [9.17, 15) is 14.0 Å². The number of carbonyl (C=O) groups is 2. The molecule has 3 fully saturated rings. The van der Waals surface area contributed by atoms with Crippen molar-refractivity contribution in [1.29, 1.82) is 0 Å². The van der Waals surface area contributed by atoms with Crippen LogP contribution in [0.2, 0.25) is 0 Å². The predicted octanol–water partition coefficient (Wildman–Crippen LogP) is 4.77. The lowest BCUT2D eigenvalue weighted by Crippen LogP contribution is -2.61. The molecule has 2 aromatic carbocycles. The number of hydrogen-bond donors (Lipinski definition) is 1. The third-order valence-corrected chi connectivity index (χ3v) is 7.36. The van der Waals surface area contributed by atoms with Crippen LogP contribution in [0.15, 0.2) is 53.5 Å². The topological polar surface area (TPSA) is 74.2 Å². The van der Waals surface area contributed by atoms with Crippen LogP contribution in [-0.4, -0.2) is 54.5 Å². The smallest absolute Gasteiger partial charge is 0.328 e. The number of nitrogens with zero attached hydrogens (tertiary/aromatic N) is 3. The van der Waals surface area contributed by atoms with E-state index in [2.05, 4.69) is 5.32 Å². The van der Waals surface area contributed by atoms with E-state index in [1.165, 1.54) is 18.6 Å². The van der Waals surface area contributed by atoms with Crippen molar-refractivity contribution < 1.29 is 18.7 Å². The number of methoxy groups -OCH3 is 1. The first-order valence-corrected chi connectivity index (χ1v) is 12.4. The van der Waals surface area contributed by atoms with Gasteiger partial charge in [-0.2, -0.15) is 0 Å². The van der Waals surface area contributed by atoms with Crippen molar-refractivity contribution in [1.82, 2.24) is 10.2 Å². The molecule has 184 valence electrons. The zero-order valence-electron chi connectivity index (χ0n) is 20.0. The third kappa shape index (κ3) is 4.37. The predicted molar refractivity (Wildman–Crippen MR) is 133 cm³/mol. The van der Waals surface area contributed by atoms with Crippen LogP contribution in [0.1, 0.15) is 55.3 Å². The van der Waals surface area contributed by atoms with Crippen molar-refractivity contribution in [2.75, 3.05) is 25.1 Å². The van der Waals surface area contributed by atoms with Crippen molar-refractivity contribution in [3.63, 3.8) is 0 Å². The average Bonchev–Trinajstić information content (AvgIpc) is 3.14. The Balaban J connectivity index is 1.56. The summed E-state index contributed by atoms with van der Waals surface area (Å²) in [7, 11) is 1.59. The van der Waals surface area contributed by atoms with Crippen molar-refractivity contribution in [3.8, 4) is 5.75 Å². The highest BCUT2D eigenvalue weighted by Crippen LogP contribution is 2.39. The normalized spacial score (nSPS) is 24.2. The van der Waals surface area contributed by atoms with Crippen LogP contribution in [0, 0.1) is 5.82 Å². The van der Waals surface area contributed by atoms with E-state index in [0.717, 1.165) is 25.7 Å². The number of ether oxygens (including phenoxy) is 1. The van der Waals surface area contributed by atoms with Gasteiger partial charge in [0.1, 0.15) is 22.9 Å². The second kappa shape index (κ2) is 9.68. The molecule has 2 heterocycles. The van der Waals surface area contributed by atoms with Gasteiger partial charge in [-0.3, -0.25) is 20.0 Å². The molecule has 2 aliphatic heterocycles. The minimum absolute atomic E-state index is 0.0422. The van der Waals surface area contributed by atoms with Gasteiger partial charge in [-0.05, 0) is 49.9 Å². The second-order valence-electron chi connectivity index (χ2n) is 9.58. The fourth-order valence-electron chi connectivity index (χ4n) is 5.62. The quantitative estimate of drug-likeness (QED) is 0.688. The molecule has 1 aliphatic carbocycles. The van der Waals surface area contributed by atoms with E-state index >= 15 is 0 Å². The number of likely N-dealkylation sites (tertiary alicyclic amines) is 1. The molecular formula is C27H31FN4O3. The minimum atomic E-state index is -0.847. The van der Waals surface area contributed by atoms with E-state index in [1.54, 1.807) is 29.0 Å². The van der Waals surface area contributed by atoms with Crippen LogP contribution in [-0.2, 0) is 0 Å². The average molecular weight is 479 g/mol. The Labute approximate surface area is 205 Å². The fraction of sp³-hybridized carbons (Fsp3) is 0.444. The molecule has 0 bridgehead atoms. The summed E-state index contributed by atoms with van der Waals surface area (Å²) in [5.74, 6) is 0.337. The summed E-state index contributed by atoms with van der Waals surface area (Å²) in [6.07, 6.45) is 6.76. The Morgan fingerprint density at radius 3 is 2.69 bits per heavy atom. The Bertz CT molecular complexity index is 1150. The van der Waals surface area contributed by atoms with Crippen LogP contribution in [0.5, 0.6) is 5.75 Å². The third-order valence-electron chi connectivity index (χ3n) is 7.36.